The van der Waals surface area contributed by atoms with Crippen molar-refractivity contribution in [3.05, 3.63) is 52.1 Å². The summed E-state index contributed by atoms with van der Waals surface area (Å²) in [5.41, 5.74) is 6.39. The number of aromatic amines is 1. The molecule has 0 spiro atoms. The highest BCUT2D eigenvalue weighted by Gasteiger charge is 2.28. The van der Waals surface area contributed by atoms with Gasteiger partial charge in [-0.3, -0.25) is 19.4 Å². The van der Waals surface area contributed by atoms with Crippen molar-refractivity contribution in [3.63, 3.8) is 0 Å². The molecule has 3 rings (SSSR count). The van der Waals surface area contributed by atoms with E-state index in [2.05, 4.69) is 36.5 Å². The number of benzene rings is 1. The van der Waals surface area contributed by atoms with Gasteiger partial charge in [0.1, 0.15) is 6.04 Å². The van der Waals surface area contributed by atoms with Crippen molar-refractivity contribution in [2.75, 3.05) is 11.1 Å². The highest BCUT2D eigenvalue weighted by atomic mass is 16.4. The normalized spacial score (nSPS) is 12.3. The number of nitrogens with zero attached hydrogens (tertiary/aromatic N) is 3. The number of amides is 1. The lowest BCUT2D eigenvalue weighted by Crippen LogP contribution is -2.43. The molecule has 35 heavy (non-hydrogen) atoms. The maximum atomic E-state index is 12.5. The van der Waals surface area contributed by atoms with Crippen molar-refractivity contribution >= 4 is 40.6 Å². The number of aromatic nitrogens is 4. The average molecular weight is 479 g/mol. The topological polar surface area (TPSA) is 213 Å². The molecular formula is C22H21N7O6. The molecule has 0 aliphatic rings. The Kier molecular flexibility index (Phi) is 7.57. The standard InChI is InChI=1S/C22H21N7O6/c1-2-3-12(20(32)33)8-15(21(34)35)27-18(30)11-4-6-13(7-5-11)24-9-14-10-25-17-16(26-14)19(31)29-22(23)28-17/h1,4-7,10,12,15,24H,3,8-9H2,(H,27,30)(H,32,33)(H,34,35)(H3,23,25,28,29,31)/t12?,15-/m0/s1. The fourth-order valence-corrected chi connectivity index (χ4v) is 3.15. The van der Waals surface area contributed by atoms with E-state index >= 15 is 0 Å². The molecule has 3 aromatic rings. The summed E-state index contributed by atoms with van der Waals surface area (Å²) in [6.07, 6.45) is 6.08. The number of carboxylic acid groups (broad SMARTS) is 2. The number of carboxylic acids is 2. The van der Waals surface area contributed by atoms with Crippen LogP contribution < -0.4 is 21.9 Å². The second kappa shape index (κ2) is 10.8. The van der Waals surface area contributed by atoms with Crippen molar-refractivity contribution in [1.29, 1.82) is 0 Å². The molecule has 1 aromatic carbocycles. The van der Waals surface area contributed by atoms with Crippen molar-refractivity contribution in [2.45, 2.75) is 25.4 Å². The molecular weight excluding hydrogens is 458 g/mol. The van der Waals surface area contributed by atoms with Crippen LogP contribution in [0.1, 0.15) is 28.9 Å². The molecule has 2 atom stereocenters. The number of rotatable bonds is 10. The SMILES string of the molecule is C#CCC(C[C@H](NC(=O)c1ccc(NCc2cnc3nc(N)[nH]c(=O)c3n2)cc1)C(=O)O)C(=O)O. The number of H-pyrrole nitrogens is 1. The van der Waals surface area contributed by atoms with Crippen LogP contribution in [0.3, 0.4) is 0 Å². The van der Waals surface area contributed by atoms with Crippen molar-refractivity contribution in [1.82, 2.24) is 25.3 Å². The Labute approximate surface area is 197 Å². The summed E-state index contributed by atoms with van der Waals surface area (Å²) < 4.78 is 0. The smallest absolute Gasteiger partial charge is 0.326 e. The fraction of sp³-hybridized carbons (Fsp3) is 0.227. The lowest BCUT2D eigenvalue weighted by atomic mass is 9.96. The van der Waals surface area contributed by atoms with Crippen molar-refractivity contribution in [3.8, 4) is 12.3 Å². The molecule has 0 bridgehead atoms. The lowest BCUT2D eigenvalue weighted by molar-refractivity contribution is -0.143. The maximum Gasteiger partial charge on any atom is 0.326 e. The summed E-state index contributed by atoms with van der Waals surface area (Å²) in [6.45, 7) is 0.213. The molecule has 0 fully saturated rings. The van der Waals surface area contributed by atoms with E-state index in [1.807, 2.05) is 0 Å². The van der Waals surface area contributed by atoms with E-state index in [0.717, 1.165) is 0 Å². The Balaban J connectivity index is 1.63. The summed E-state index contributed by atoms with van der Waals surface area (Å²) >= 11 is 0. The quantitative estimate of drug-likeness (QED) is 0.216. The molecule has 7 N–H and O–H groups in total. The van der Waals surface area contributed by atoms with Gasteiger partial charge in [0.25, 0.3) is 11.5 Å². The number of anilines is 2. The van der Waals surface area contributed by atoms with Crippen LogP contribution in [0.5, 0.6) is 0 Å². The fourth-order valence-electron chi connectivity index (χ4n) is 3.15. The average Bonchev–Trinajstić information content (AvgIpc) is 2.82. The summed E-state index contributed by atoms with van der Waals surface area (Å²) in [5, 5.41) is 23.9. The first kappa shape index (κ1) is 24.6. The van der Waals surface area contributed by atoms with E-state index in [9.17, 15) is 29.4 Å². The van der Waals surface area contributed by atoms with Gasteiger partial charge < -0.3 is 26.6 Å². The molecule has 0 aliphatic heterocycles. The maximum absolute atomic E-state index is 12.5. The molecule has 2 heterocycles. The number of carbonyl (C=O) groups excluding carboxylic acids is 1. The lowest BCUT2D eigenvalue weighted by Gasteiger charge is -2.18. The van der Waals surface area contributed by atoms with E-state index in [1.54, 1.807) is 12.1 Å². The minimum absolute atomic E-state index is 0.0471. The minimum atomic E-state index is -1.42. The van der Waals surface area contributed by atoms with Gasteiger partial charge in [-0.05, 0) is 30.7 Å². The number of nitrogen functional groups attached to an aromatic ring is 1. The predicted molar refractivity (Wildman–Crippen MR) is 124 cm³/mol. The second-order valence-electron chi connectivity index (χ2n) is 7.46. The van der Waals surface area contributed by atoms with Gasteiger partial charge >= 0.3 is 11.9 Å². The number of nitrogens with one attached hydrogen (secondary N) is 3. The first-order chi connectivity index (χ1) is 16.7. The van der Waals surface area contributed by atoms with Gasteiger partial charge in [0.05, 0.1) is 24.4 Å². The molecule has 13 nitrogen and oxygen atoms in total. The highest BCUT2D eigenvalue weighted by Crippen LogP contribution is 2.15. The number of terminal acetylenes is 1. The van der Waals surface area contributed by atoms with Crippen LogP contribution in [0.2, 0.25) is 0 Å². The number of nitrogens with two attached hydrogens (primary N) is 1. The number of carbonyl (C=O) groups is 3. The van der Waals surface area contributed by atoms with Crippen LogP contribution in [-0.4, -0.2) is 54.0 Å². The molecule has 2 aromatic heterocycles. The van der Waals surface area contributed by atoms with Gasteiger partial charge in [-0.2, -0.15) is 4.98 Å². The summed E-state index contributed by atoms with van der Waals surface area (Å²) in [6, 6.07) is 4.69. The van der Waals surface area contributed by atoms with Crippen LogP contribution in [0.15, 0.2) is 35.3 Å². The predicted octanol–water partition coefficient (Wildman–Crippen LogP) is 0.205. The first-order valence-electron chi connectivity index (χ1n) is 10.2. The number of hydrogen-bond donors (Lipinski definition) is 6. The van der Waals surface area contributed by atoms with E-state index in [-0.39, 0.29) is 42.1 Å². The van der Waals surface area contributed by atoms with Crippen LogP contribution in [0.4, 0.5) is 11.6 Å². The zero-order valence-corrected chi connectivity index (χ0v) is 18.2. The van der Waals surface area contributed by atoms with E-state index in [4.69, 9.17) is 12.2 Å². The number of aliphatic carboxylic acids is 2. The van der Waals surface area contributed by atoms with Crippen molar-refractivity contribution < 1.29 is 24.6 Å². The van der Waals surface area contributed by atoms with Gasteiger partial charge in [0.15, 0.2) is 11.2 Å². The zero-order chi connectivity index (χ0) is 25.5. The Bertz CT molecular complexity index is 1360. The Morgan fingerprint density at radius 2 is 1.86 bits per heavy atom. The van der Waals surface area contributed by atoms with E-state index in [1.165, 1.54) is 18.3 Å². The van der Waals surface area contributed by atoms with Crippen LogP contribution >= 0.6 is 0 Å². The molecule has 0 aliphatic carbocycles. The third-order valence-corrected chi connectivity index (χ3v) is 4.94. The summed E-state index contributed by atoms with van der Waals surface area (Å²) in [5.74, 6) is -2.25. The number of fused-ring (bicyclic) bond motifs is 1. The van der Waals surface area contributed by atoms with Crippen LogP contribution in [0, 0.1) is 18.3 Å². The van der Waals surface area contributed by atoms with Crippen LogP contribution in [0.25, 0.3) is 11.2 Å². The molecule has 13 heteroatoms. The van der Waals surface area contributed by atoms with Gasteiger partial charge in [-0.25, -0.2) is 14.8 Å². The molecule has 180 valence electrons. The first-order valence-corrected chi connectivity index (χ1v) is 10.2. The third kappa shape index (κ3) is 6.29. The van der Waals surface area contributed by atoms with E-state index in [0.29, 0.717) is 11.4 Å². The Morgan fingerprint density at radius 3 is 2.49 bits per heavy atom. The molecule has 0 radical (unpaired) electrons. The zero-order valence-electron chi connectivity index (χ0n) is 18.2. The van der Waals surface area contributed by atoms with Gasteiger partial charge in [0, 0.05) is 17.7 Å². The Morgan fingerprint density at radius 1 is 1.14 bits per heavy atom. The summed E-state index contributed by atoms with van der Waals surface area (Å²) in [7, 11) is 0. The van der Waals surface area contributed by atoms with Gasteiger partial charge in [-0.15, -0.1) is 12.3 Å². The molecule has 1 amide bonds. The molecule has 0 saturated heterocycles. The third-order valence-electron chi connectivity index (χ3n) is 4.94. The highest BCUT2D eigenvalue weighted by molar-refractivity contribution is 5.97. The molecule has 1 unspecified atom stereocenters. The largest absolute Gasteiger partial charge is 0.481 e. The Hall–Kier alpha value is -4.99. The number of hydrogen-bond acceptors (Lipinski definition) is 9. The monoisotopic (exact) mass is 479 g/mol. The van der Waals surface area contributed by atoms with Crippen molar-refractivity contribution in [2.24, 2.45) is 5.92 Å². The second-order valence-corrected chi connectivity index (χ2v) is 7.46. The molecule has 0 saturated carbocycles. The van der Waals surface area contributed by atoms with Gasteiger partial charge in [-0.1, -0.05) is 0 Å². The minimum Gasteiger partial charge on any atom is -0.481 e. The van der Waals surface area contributed by atoms with Gasteiger partial charge in [0.2, 0.25) is 5.95 Å². The summed E-state index contributed by atoms with van der Waals surface area (Å²) in [4.78, 5) is 61.8. The van der Waals surface area contributed by atoms with E-state index < -0.39 is 35.4 Å². The van der Waals surface area contributed by atoms with Crippen LogP contribution in [-0.2, 0) is 16.1 Å².